The molecule has 1 nitrogen and oxygen atoms in total. The minimum atomic E-state index is 0.692. The summed E-state index contributed by atoms with van der Waals surface area (Å²) in [5.74, 6) is 1.63. The molecule has 22 heavy (non-hydrogen) atoms. The lowest BCUT2D eigenvalue weighted by Gasteiger charge is -2.19. The molecular formula is C19H32BNS. The van der Waals surface area contributed by atoms with Crippen molar-refractivity contribution in [1.82, 2.24) is 0 Å². The second-order valence-electron chi connectivity index (χ2n) is 6.95. The molecule has 0 aromatic heterocycles. The predicted molar refractivity (Wildman–Crippen MR) is 103 cm³/mol. The van der Waals surface area contributed by atoms with Gasteiger partial charge in [0, 0.05) is 10.6 Å². The fourth-order valence-corrected chi connectivity index (χ4v) is 5.03. The molecule has 0 spiro atoms. The molecule has 1 fully saturated rings. The van der Waals surface area contributed by atoms with Crippen molar-refractivity contribution in [3.63, 3.8) is 0 Å². The van der Waals surface area contributed by atoms with Gasteiger partial charge in [0.15, 0.2) is 0 Å². The first-order valence-electron chi connectivity index (χ1n) is 9.24. The maximum Gasteiger partial charge on any atom is 0.213 e. The number of nitrogens with two attached hydrogens (primary N) is 1. The van der Waals surface area contributed by atoms with Crippen LogP contribution in [0, 0.1) is 5.92 Å². The molecule has 2 N–H and O–H groups in total. The topological polar surface area (TPSA) is 26.0 Å². The van der Waals surface area contributed by atoms with Crippen LogP contribution in [-0.4, -0.2) is 5.99 Å². The van der Waals surface area contributed by atoms with Gasteiger partial charge in [0.05, 0.1) is 0 Å². The van der Waals surface area contributed by atoms with E-state index < -0.39 is 0 Å². The van der Waals surface area contributed by atoms with Crippen LogP contribution in [0.3, 0.4) is 0 Å². The van der Waals surface area contributed by atoms with Gasteiger partial charge < -0.3 is 5.73 Å². The van der Waals surface area contributed by atoms with E-state index in [0.29, 0.717) is 5.99 Å². The zero-order valence-corrected chi connectivity index (χ0v) is 15.3. The van der Waals surface area contributed by atoms with Crippen LogP contribution in [0.5, 0.6) is 0 Å². The van der Waals surface area contributed by atoms with Gasteiger partial charge in [-0.3, -0.25) is 0 Å². The van der Waals surface area contributed by atoms with Crippen molar-refractivity contribution in [2.75, 3.05) is 5.73 Å². The van der Waals surface area contributed by atoms with Crippen LogP contribution in [0.4, 0.5) is 5.69 Å². The Kier molecular flexibility index (Phi) is 7.72. The molecule has 0 bridgehead atoms. The number of benzene rings is 1. The predicted octanol–water partition coefficient (Wildman–Crippen LogP) is 6.30. The minimum Gasteiger partial charge on any atom is -0.399 e. The standard InChI is InChI=1S/C19H32BNS/c1-3-17-12-13-18(21)14-19(17)22-20(2)15-16-10-8-6-4-5-7-9-11-16/h12-14,16H,3-11,15,21H2,1-2H3. The second-order valence-corrected chi connectivity index (χ2v) is 8.43. The Balaban J connectivity index is 1.90. The average molecular weight is 317 g/mol. The van der Waals surface area contributed by atoms with E-state index >= 15 is 0 Å². The Labute approximate surface area is 141 Å². The fraction of sp³-hybridized carbons (Fsp3) is 0.684. The van der Waals surface area contributed by atoms with E-state index in [0.717, 1.165) is 18.0 Å². The van der Waals surface area contributed by atoms with Crippen molar-refractivity contribution < 1.29 is 0 Å². The van der Waals surface area contributed by atoms with Crippen LogP contribution >= 0.6 is 11.6 Å². The molecule has 122 valence electrons. The Morgan fingerprint density at radius 3 is 2.36 bits per heavy atom. The van der Waals surface area contributed by atoms with Crippen LogP contribution in [-0.2, 0) is 6.42 Å². The van der Waals surface area contributed by atoms with Gasteiger partial charge >= 0.3 is 0 Å². The zero-order chi connectivity index (χ0) is 15.8. The van der Waals surface area contributed by atoms with Crippen molar-refractivity contribution in [3.05, 3.63) is 23.8 Å². The van der Waals surface area contributed by atoms with Crippen LogP contribution in [0.1, 0.15) is 63.9 Å². The molecule has 0 saturated heterocycles. The highest BCUT2D eigenvalue weighted by molar-refractivity contribution is 8.25. The Morgan fingerprint density at radius 1 is 1.09 bits per heavy atom. The molecule has 1 aliphatic carbocycles. The molecular weight excluding hydrogens is 285 g/mol. The molecule has 0 radical (unpaired) electrons. The van der Waals surface area contributed by atoms with Crippen molar-refractivity contribution in [1.29, 1.82) is 0 Å². The summed E-state index contributed by atoms with van der Waals surface area (Å²) in [6.07, 6.45) is 14.1. The summed E-state index contributed by atoms with van der Waals surface area (Å²) in [6.45, 7) is 4.64. The van der Waals surface area contributed by atoms with Crippen LogP contribution in [0.25, 0.3) is 0 Å². The smallest absolute Gasteiger partial charge is 0.213 e. The Bertz CT molecular complexity index is 439. The summed E-state index contributed by atoms with van der Waals surface area (Å²) >= 11 is 2.04. The number of aryl methyl sites for hydroxylation is 1. The normalized spacial score (nSPS) is 17.5. The molecule has 0 aliphatic heterocycles. The number of rotatable bonds is 5. The highest BCUT2D eigenvalue weighted by Gasteiger charge is 2.18. The highest BCUT2D eigenvalue weighted by atomic mass is 32.2. The van der Waals surface area contributed by atoms with Crippen LogP contribution in [0.15, 0.2) is 23.1 Å². The van der Waals surface area contributed by atoms with Gasteiger partial charge in [0.25, 0.3) is 0 Å². The molecule has 0 amide bonds. The minimum absolute atomic E-state index is 0.692. The van der Waals surface area contributed by atoms with Crippen LogP contribution < -0.4 is 5.73 Å². The van der Waals surface area contributed by atoms with E-state index in [1.165, 1.54) is 68.1 Å². The molecule has 1 aromatic rings. The Hall–Kier alpha value is -0.565. The van der Waals surface area contributed by atoms with Crippen molar-refractivity contribution in [2.45, 2.75) is 82.7 Å². The fourth-order valence-electron chi connectivity index (χ4n) is 3.66. The van der Waals surface area contributed by atoms with Crippen molar-refractivity contribution >= 4 is 23.3 Å². The molecule has 1 aromatic carbocycles. The van der Waals surface area contributed by atoms with Gasteiger partial charge in [0.1, 0.15) is 0 Å². The molecule has 1 aliphatic rings. The van der Waals surface area contributed by atoms with E-state index in [1.807, 2.05) is 17.7 Å². The lowest BCUT2D eigenvalue weighted by Crippen LogP contribution is -2.11. The van der Waals surface area contributed by atoms with Gasteiger partial charge in [-0.05, 0) is 30.0 Å². The maximum absolute atomic E-state index is 5.98. The van der Waals surface area contributed by atoms with E-state index in [2.05, 4.69) is 25.9 Å². The lowest BCUT2D eigenvalue weighted by molar-refractivity contribution is 0.463. The van der Waals surface area contributed by atoms with Gasteiger partial charge in [-0.25, -0.2) is 0 Å². The SMILES string of the molecule is CCc1ccc(N)cc1SB(C)CC1CCCCCCCC1. The third-order valence-corrected chi connectivity index (χ3v) is 6.17. The largest absolute Gasteiger partial charge is 0.399 e. The molecule has 0 heterocycles. The summed E-state index contributed by atoms with van der Waals surface area (Å²) in [5, 5.41) is 0. The summed E-state index contributed by atoms with van der Waals surface area (Å²) in [6, 6.07) is 6.40. The number of hydrogen-bond acceptors (Lipinski definition) is 2. The Morgan fingerprint density at radius 2 is 1.73 bits per heavy atom. The number of nitrogen functional groups attached to an aromatic ring is 1. The zero-order valence-electron chi connectivity index (χ0n) is 14.4. The van der Waals surface area contributed by atoms with Crippen LogP contribution in [0.2, 0.25) is 13.1 Å². The highest BCUT2D eigenvalue weighted by Crippen LogP contribution is 2.33. The van der Waals surface area contributed by atoms with Gasteiger partial charge in [-0.15, -0.1) is 0 Å². The van der Waals surface area contributed by atoms with Gasteiger partial charge in [-0.1, -0.05) is 77.5 Å². The van der Waals surface area contributed by atoms with E-state index in [4.69, 9.17) is 5.73 Å². The monoisotopic (exact) mass is 317 g/mol. The summed E-state index contributed by atoms with van der Waals surface area (Å²) < 4.78 is 0. The molecule has 1 saturated carbocycles. The van der Waals surface area contributed by atoms with E-state index in [9.17, 15) is 0 Å². The molecule has 2 rings (SSSR count). The van der Waals surface area contributed by atoms with E-state index in [1.54, 1.807) is 0 Å². The molecule has 3 heteroatoms. The lowest BCUT2D eigenvalue weighted by atomic mass is 9.68. The van der Waals surface area contributed by atoms with Gasteiger partial charge in [-0.2, -0.15) is 11.6 Å². The first kappa shape index (κ1) is 17.8. The second kappa shape index (κ2) is 9.55. The summed E-state index contributed by atoms with van der Waals surface area (Å²) in [7, 11) is 0. The quantitative estimate of drug-likeness (QED) is 0.510. The molecule has 0 atom stereocenters. The first-order chi connectivity index (χ1) is 10.7. The van der Waals surface area contributed by atoms with E-state index in [-0.39, 0.29) is 0 Å². The van der Waals surface area contributed by atoms with Crippen molar-refractivity contribution in [2.24, 2.45) is 5.92 Å². The summed E-state index contributed by atoms with van der Waals surface area (Å²) in [4.78, 5) is 1.40. The van der Waals surface area contributed by atoms with Crippen molar-refractivity contribution in [3.8, 4) is 0 Å². The summed E-state index contributed by atoms with van der Waals surface area (Å²) in [5.41, 5.74) is 8.33. The number of anilines is 1. The third-order valence-electron chi connectivity index (χ3n) is 4.94. The van der Waals surface area contributed by atoms with Gasteiger partial charge in [0.2, 0.25) is 5.99 Å². The number of hydrogen-bond donors (Lipinski definition) is 1. The third kappa shape index (κ3) is 5.91. The average Bonchev–Trinajstić information content (AvgIpc) is 2.61. The first-order valence-corrected chi connectivity index (χ1v) is 10.1. The molecule has 0 unspecified atom stereocenters. The maximum atomic E-state index is 5.98.